The number of hydrogen-bond acceptors (Lipinski definition) is 5. The Labute approximate surface area is 181 Å². The summed E-state index contributed by atoms with van der Waals surface area (Å²) in [5.41, 5.74) is 9.14. The van der Waals surface area contributed by atoms with Crippen LogP contribution in [-0.4, -0.2) is 22.6 Å². The van der Waals surface area contributed by atoms with Gasteiger partial charge in [-0.1, -0.05) is 36.4 Å². The van der Waals surface area contributed by atoms with Gasteiger partial charge in [0.25, 0.3) is 0 Å². The number of nitrogens with zero attached hydrogens (tertiary/aromatic N) is 2. The van der Waals surface area contributed by atoms with Crippen LogP contribution in [0, 0.1) is 0 Å². The van der Waals surface area contributed by atoms with E-state index >= 15 is 0 Å². The summed E-state index contributed by atoms with van der Waals surface area (Å²) < 4.78 is 5.98. The molecule has 2 aromatic heterocycles. The number of nitrogens with one attached hydrogen (secondary N) is 1. The van der Waals surface area contributed by atoms with Gasteiger partial charge in [0.1, 0.15) is 5.58 Å². The zero-order valence-electron chi connectivity index (χ0n) is 15.9. The monoisotopic (exact) mass is 430 g/mol. The molecule has 2 aromatic carbocycles. The Morgan fingerprint density at radius 2 is 1.79 bits per heavy atom. The third-order valence-electron chi connectivity index (χ3n) is 5.10. The van der Waals surface area contributed by atoms with Gasteiger partial charge < -0.3 is 15.5 Å². The molecule has 1 fully saturated rings. The maximum absolute atomic E-state index is 6.53. The van der Waals surface area contributed by atoms with Crippen molar-refractivity contribution in [2.24, 2.45) is 5.73 Å². The molecule has 152 valence electrons. The summed E-state index contributed by atoms with van der Waals surface area (Å²) in [5.74, 6) is 1.26. The number of hydrogen-bond donors (Lipinski definition) is 2. The number of para-hydroxylation sites is 2. The molecule has 0 amide bonds. The van der Waals surface area contributed by atoms with E-state index < -0.39 is 0 Å². The van der Waals surface area contributed by atoms with Crippen LogP contribution < -0.4 is 11.1 Å². The molecule has 0 radical (unpaired) electrons. The SMILES string of the molecule is Cl.Cl.NC(CCNC1CC1)c1nc(-c2cc3ccccc3o2)nc2ccccc12. The highest BCUT2D eigenvalue weighted by Gasteiger charge is 2.21. The zero-order valence-corrected chi connectivity index (χ0v) is 17.5. The second kappa shape index (κ2) is 9.09. The van der Waals surface area contributed by atoms with Gasteiger partial charge >= 0.3 is 0 Å². The first-order chi connectivity index (χ1) is 13.3. The van der Waals surface area contributed by atoms with E-state index in [0.29, 0.717) is 17.6 Å². The van der Waals surface area contributed by atoms with Gasteiger partial charge in [-0.15, -0.1) is 24.8 Å². The largest absolute Gasteiger partial charge is 0.453 e. The molecule has 4 aromatic rings. The number of aromatic nitrogens is 2. The van der Waals surface area contributed by atoms with E-state index in [1.54, 1.807) is 0 Å². The number of nitrogens with two attached hydrogens (primary N) is 1. The molecule has 0 saturated heterocycles. The van der Waals surface area contributed by atoms with E-state index in [0.717, 1.165) is 40.5 Å². The third kappa shape index (κ3) is 4.54. The number of furan rings is 1. The highest BCUT2D eigenvalue weighted by molar-refractivity contribution is 5.86. The van der Waals surface area contributed by atoms with Gasteiger partial charge in [-0.05, 0) is 44.0 Å². The summed E-state index contributed by atoms with van der Waals surface area (Å²) in [4.78, 5) is 9.55. The van der Waals surface area contributed by atoms with E-state index in [1.807, 2.05) is 54.6 Å². The summed E-state index contributed by atoms with van der Waals surface area (Å²) >= 11 is 0. The van der Waals surface area contributed by atoms with Crippen LogP contribution in [0.4, 0.5) is 0 Å². The summed E-state index contributed by atoms with van der Waals surface area (Å²) in [6.45, 7) is 0.907. The van der Waals surface area contributed by atoms with Crippen LogP contribution in [0.1, 0.15) is 31.0 Å². The van der Waals surface area contributed by atoms with Crippen molar-refractivity contribution in [3.63, 3.8) is 0 Å². The van der Waals surface area contributed by atoms with Crippen LogP contribution >= 0.6 is 24.8 Å². The minimum absolute atomic E-state index is 0. The number of halogens is 2. The normalized spacial score (nSPS) is 14.4. The molecular formula is C22H24Cl2N4O. The summed E-state index contributed by atoms with van der Waals surface area (Å²) in [5, 5.41) is 5.58. The van der Waals surface area contributed by atoms with Crippen molar-refractivity contribution in [1.29, 1.82) is 0 Å². The lowest BCUT2D eigenvalue weighted by atomic mass is 10.1. The fraction of sp³-hybridized carbons (Fsp3) is 0.273. The summed E-state index contributed by atoms with van der Waals surface area (Å²) in [7, 11) is 0. The van der Waals surface area contributed by atoms with E-state index in [-0.39, 0.29) is 30.9 Å². The Hall–Kier alpha value is -2.18. The smallest absolute Gasteiger partial charge is 0.196 e. The molecule has 7 heteroatoms. The van der Waals surface area contributed by atoms with E-state index in [9.17, 15) is 0 Å². The summed E-state index contributed by atoms with van der Waals surface area (Å²) in [6, 6.07) is 18.5. The lowest BCUT2D eigenvalue weighted by Crippen LogP contribution is -2.23. The molecule has 5 nitrogen and oxygen atoms in total. The minimum atomic E-state index is -0.146. The molecular weight excluding hydrogens is 407 g/mol. The first kappa shape index (κ1) is 21.5. The second-order valence-corrected chi connectivity index (χ2v) is 7.22. The number of benzene rings is 2. The predicted molar refractivity (Wildman–Crippen MR) is 122 cm³/mol. The lowest BCUT2D eigenvalue weighted by molar-refractivity contribution is 0.570. The van der Waals surface area contributed by atoms with E-state index in [2.05, 4.69) is 5.32 Å². The van der Waals surface area contributed by atoms with Crippen molar-refractivity contribution in [2.45, 2.75) is 31.3 Å². The third-order valence-corrected chi connectivity index (χ3v) is 5.10. The average molecular weight is 431 g/mol. The molecule has 2 heterocycles. The Morgan fingerprint density at radius 1 is 1.03 bits per heavy atom. The highest BCUT2D eigenvalue weighted by Crippen LogP contribution is 2.29. The first-order valence-electron chi connectivity index (χ1n) is 9.52. The minimum Gasteiger partial charge on any atom is -0.453 e. The lowest BCUT2D eigenvalue weighted by Gasteiger charge is -2.15. The molecule has 0 spiro atoms. The van der Waals surface area contributed by atoms with Crippen molar-refractivity contribution in [2.75, 3.05) is 6.54 Å². The topological polar surface area (TPSA) is 77.0 Å². The van der Waals surface area contributed by atoms with E-state index in [1.165, 1.54) is 12.8 Å². The molecule has 3 N–H and O–H groups in total. The van der Waals surface area contributed by atoms with Crippen molar-refractivity contribution < 1.29 is 4.42 Å². The van der Waals surface area contributed by atoms with Gasteiger partial charge in [0.2, 0.25) is 0 Å². The van der Waals surface area contributed by atoms with Crippen molar-refractivity contribution in [1.82, 2.24) is 15.3 Å². The maximum atomic E-state index is 6.53. The van der Waals surface area contributed by atoms with Gasteiger partial charge in [-0.3, -0.25) is 0 Å². The van der Waals surface area contributed by atoms with Crippen LogP contribution in [-0.2, 0) is 0 Å². The second-order valence-electron chi connectivity index (χ2n) is 7.22. The van der Waals surface area contributed by atoms with Gasteiger partial charge in [-0.2, -0.15) is 0 Å². The molecule has 0 bridgehead atoms. The van der Waals surface area contributed by atoms with Gasteiger partial charge in [0.05, 0.1) is 11.2 Å². The molecule has 1 atom stereocenters. The Kier molecular flexibility index (Phi) is 6.75. The van der Waals surface area contributed by atoms with Crippen LogP contribution in [0.2, 0.25) is 0 Å². The van der Waals surface area contributed by atoms with Crippen LogP contribution in [0.25, 0.3) is 33.5 Å². The van der Waals surface area contributed by atoms with Gasteiger partial charge in [0.15, 0.2) is 11.6 Å². The first-order valence-corrected chi connectivity index (χ1v) is 9.52. The number of rotatable bonds is 6. The molecule has 29 heavy (non-hydrogen) atoms. The molecule has 1 aliphatic carbocycles. The van der Waals surface area contributed by atoms with Crippen LogP contribution in [0.3, 0.4) is 0 Å². The molecule has 5 rings (SSSR count). The van der Waals surface area contributed by atoms with Crippen LogP contribution in [0.15, 0.2) is 59.0 Å². The predicted octanol–water partition coefficient (Wildman–Crippen LogP) is 5.03. The molecule has 0 aliphatic heterocycles. The zero-order chi connectivity index (χ0) is 18.2. The molecule has 1 aliphatic rings. The van der Waals surface area contributed by atoms with Crippen molar-refractivity contribution >= 4 is 46.7 Å². The standard InChI is InChI=1S/C22H22N4O.2ClH/c23-17(11-12-24-15-9-10-15)21-16-6-2-3-7-18(16)25-22(26-21)20-13-14-5-1-4-8-19(14)27-20;;/h1-8,13,15,17,24H,9-12,23H2;2*1H. The number of fused-ring (bicyclic) bond motifs is 2. The quantitative estimate of drug-likeness (QED) is 0.448. The fourth-order valence-corrected chi connectivity index (χ4v) is 3.45. The molecule has 1 saturated carbocycles. The fourth-order valence-electron chi connectivity index (χ4n) is 3.45. The van der Waals surface area contributed by atoms with Gasteiger partial charge in [-0.25, -0.2) is 9.97 Å². The maximum Gasteiger partial charge on any atom is 0.196 e. The van der Waals surface area contributed by atoms with Crippen molar-refractivity contribution in [3.05, 3.63) is 60.3 Å². The Bertz CT molecular complexity index is 1080. The van der Waals surface area contributed by atoms with Crippen molar-refractivity contribution in [3.8, 4) is 11.6 Å². The van der Waals surface area contributed by atoms with Crippen LogP contribution in [0.5, 0.6) is 0 Å². The average Bonchev–Trinajstić information content (AvgIpc) is 3.42. The molecule has 1 unspecified atom stereocenters. The summed E-state index contributed by atoms with van der Waals surface area (Å²) in [6.07, 6.45) is 3.40. The Balaban J connectivity index is 0.00000120. The van der Waals surface area contributed by atoms with Gasteiger partial charge in [0, 0.05) is 22.9 Å². The van der Waals surface area contributed by atoms with E-state index in [4.69, 9.17) is 20.1 Å². The Morgan fingerprint density at radius 3 is 2.59 bits per heavy atom. The highest BCUT2D eigenvalue weighted by atomic mass is 35.5.